The van der Waals surface area contributed by atoms with Crippen LogP contribution < -0.4 is 0 Å². The molecule has 4 heteroatoms. The lowest BCUT2D eigenvalue weighted by Crippen LogP contribution is -2.52. The molecule has 0 heterocycles. The van der Waals surface area contributed by atoms with Crippen molar-refractivity contribution in [3.63, 3.8) is 0 Å². The molecule has 0 spiro atoms. The predicted molar refractivity (Wildman–Crippen MR) is 82.6 cm³/mol. The second kappa shape index (κ2) is 7.39. The topological polar surface area (TPSA) is 23.5 Å². The van der Waals surface area contributed by atoms with Crippen molar-refractivity contribution in [3.05, 3.63) is 34.6 Å². The van der Waals surface area contributed by atoms with Crippen LogP contribution in [0.4, 0.5) is 4.39 Å². The average molecular weight is 302 g/mol. The van der Waals surface area contributed by atoms with Crippen molar-refractivity contribution in [2.24, 2.45) is 0 Å². The van der Waals surface area contributed by atoms with Gasteiger partial charge in [-0.2, -0.15) is 0 Å². The van der Waals surface area contributed by atoms with E-state index in [9.17, 15) is 9.50 Å². The fraction of sp³-hybridized carbons (Fsp3) is 0.625. The quantitative estimate of drug-likeness (QED) is 0.806. The average Bonchev–Trinajstić information content (AvgIpc) is 2.44. The Labute approximate surface area is 126 Å². The standard InChI is InChI=1S/C16H25ClFNO/c1-5-16(6-2,19(7-3)8-4)15(20)13-10-9-12(17)11-14(13)18/h9-11,15,20H,5-8H2,1-4H3. The summed E-state index contributed by atoms with van der Waals surface area (Å²) in [6.45, 7) is 9.86. The second-order valence-corrected chi connectivity index (χ2v) is 5.49. The van der Waals surface area contributed by atoms with Crippen LogP contribution >= 0.6 is 11.6 Å². The molecule has 0 aliphatic carbocycles. The van der Waals surface area contributed by atoms with Gasteiger partial charge in [0.2, 0.25) is 0 Å². The summed E-state index contributed by atoms with van der Waals surface area (Å²) in [4.78, 5) is 2.21. The van der Waals surface area contributed by atoms with Gasteiger partial charge in [0.05, 0.1) is 5.54 Å². The number of hydrogen-bond donors (Lipinski definition) is 1. The van der Waals surface area contributed by atoms with Crippen molar-refractivity contribution in [2.75, 3.05) is 13.1 Å². The van der Waals surface area contributed by atoms with Crippen LogP contribution in [0.25, 0.3) is 0 Å². The Bertz CT molecular complexity index is 430. The molecule has 2 nitrogen and oxygen atoms in total. The molecule has 1 aromatic carbocycles. The number of benzene rings is 1. The van der Waals surface area contributed by atoms with Gasteiger partial charge < -0.3 is 5.11 Å². The Hall–Kier alpha value is -0.640. The van der Waals surface area contributed by atoms with Crippen molar-refractivity contribution in [1.82, 2.24) is 4.90 Å². The SMILES string of the molecule is CCN(CC)C(CC)(CC)C(O)c1ccc(Cl)cc1F. The maximum absolute atomic E-state index is 14.1. The summed E-state index contributed by atoms with van der Waals surface area (Å²) >= 11 is 5.79. The van der Waals surface area contributed by atoms with Crippen molar-refractivity contribution in [1.29, 1.82) is 0 Å². The maximum Gasteiger partial charge on any atom is 0.130 e. The number of aliphatic hydroxyl groups is 1. The van der Waals surface area contributed by atoms with Gasteiger partial charge in [0.25, 0.3) is 0 Å². The van der Waals surface area contributed by atoms with Crippen LogP contribution in [0.15, 0.2) is 18.2 Å². The molecular weight excluding hydrogens is 277 g/mol. The lowest BCUT2D eigenvalue weighted by Gasteiger charge is -2.46. The first-order chi connectivity index (χ1) is 9.46. The molecule has 1 rings (SSSR count). The van der Waals surface area contributed by atoms with Gasteiger partial charge in [0.1, 0.15) is 11.9 Å². The summed E-state index contributed by atoms with van der Waals surface area (Å²) in [7, 11) is 0. The highest BCUT2D eigenvalue weighted by atomic mass is 35.5. The first kappa shape index (κ1) is 17.4. The van der Waals surface area contributed by atoms with Crippen LogP contribution in [0, 0.1) is 5.82 Å². The first-order valence-corrected chi connectivity index (χ1v) is 7.72. The Morgan fingerprint density at radius 1 is 1.20 bits per heavy atom. The van der Waals surface area contributed by atoms with Gasteiger partial charge in [-0.1, -0.05) is 45.4 Å². The number of rotatable bonds is 7. The molecule has 0 saturated carbocycles. The van der Waals surface area contributed by atoms with Crippen molar-refractivity contribution in [3.8, 4) is 0 Å². The number of halogens is 2. The summed E-state index contributed by atoms with van der Waals surface area (Å²) < 4.78 is 14.1. The second-order valence-electron chi connectivity index (χ2n) is 5.05. The Morgan fingerprint density at radius 3 is 2.15 bits per heavy atom. The van der Waals surface area contributed by atoms with E-state index in [1.165, 1.54) is 6.07 Å². The fourth-order valence-corrected chi connectivity index (χ4v) is 3.28. The number of aliphatic hydroxyl groups excluding tert-OH is 1. The minimum absolute atomic E-state index is 0.324. The van der Waals surface area contributed by atoms with Crippen molar-refractivity contribution < 1.29 is 9.50 Å². The van der Waals surface area contributed by atoms with Crippen LogP contribution in [-0.2, 0) is 0 Å². The monoisotopic (exact) mass is 301 g/mol. The van der Waals surface area contributed by atoms with Crippen molar-refractivity contribution in [2.45, 2.75) is 52.2 Å². The molecule has 20 heavy (non-hydrogen) atoms. The minimum atomic E-state index is -0.866. The van der Waals surface area contributed by atoms with Gasteiger partial charge in [-0.15, -0.1) is 0 Å². The Balaban J connectivity index is 3.26. The van der Waals surface area contributed by atoms with Crippen molar-refractivity contribution >= 4 is 11.6 Å². The normalized spacial score (nSPS) is 13.8. The summed E-state index contributed by atoms with van der Waals surface area (Å²) in [6, 6.07) is 4.48. The molecule has 0 fully saturated rings. The molecule has 0 saturated heterocycles. The first-order valence-electron chi connectivity index (χ1n) is 7.34. The smallest absolute Gasteiger partial charge is 0.130 e. The molecule has 0 bridgehead atoms. The molecular formula is C16H25ClFNO. The van der Waals surface area contributed by atoms with E-state index in [0.29, 0.717) is 10.6 Å². The van der Waals surface area contributed by atoms with E-state index < -0.39 is 17.5 Å². The third kappa shape index (κ3) is 3.16. The summed E-state index contributed by atoms with van der Waals surface area (Å²) in [5.41, 5.74) is -0.122. The minimum Gasteiger partial charge on any atom is -0.386 e. The molecule has 0 amide bonds. The third-order valence-corrected chi connectivity index (χ3v) is 4.62. The zero-order valence-electron chi connectivity index (χ0n) is 12.8. The molecule has 1 aromatic rings. The summed E-state index contributed by atoms with van der Waals surface area (Å²) in [5, 5.41) is 11.2. The third-order valence-electron chi connectivity index (χ3n) is 4.38. The highest BCUT2D eigenvalue weighted by molar-refractivity contribution is 6.30. The molecule has 0 aliphatic rings. The lowest BCUT2D eigenvalue weighted by molar-refractivity contribution is -0.0382. The van der Waals surface area contributed by atoms with E-state index >= 15 is 0 Å². The zero-order valence-corrected chi connectivity index (χ0v) is 13.5. The maximum atomic E-state index is 14.1. The number of likely N-dealkylation sites (N-methyl/N-ethyl adjacent to an activating group) is 1. The predicted octanol–water partition coefficient (Wildman–Crippen LogP) is 4.41. The van der Waals surface area contributed by atoms with Gasteiger partial charge in [-0.05, 0) is 38.1 Å². The molecule has 114 valence electrons. The zero-order chi connectivity index (χ0) is 15.3. The lowest BCUT2D eigenvalue weighted by atomic mass is 9.81. The van der Waals surface area contributed by atoms with Gasteiger partial charge >= 0.3 is 0 Å². The van der Waals surface area contributed by atoms with Crippen LogP contribution in [0.2, 0.25) is 5.02 Å². The van der Waals surface area contributed by atoms with Gasteiger partial charge in [-0.25, -0.2) is 4.39 Å². The van der Waals surface area contributed by atoms with E-state index in [2.05, 4.69) is 18.7 Å². The largest absolute Gasteiger partial charge is 0.386 e. The Kier molecular flexibility index (Phi) is 6.44. The van der Waals surface area contributed by atoms with Gasteiger partial charge in [0, 0.05) is 10.6 Å². The fourth-order valence-electron chi connectivity index (χ4n) is 3.12. The highest BCUT2D eigenvalue weighted by Crippen LogP contribution is 2.38. The summed E-state index contributed by atoms with van der Waals surface area (Å²) in [6.07, 6.45) is 0.651. The molecule has 0 aromatic heterocycles. The molecule has 1 atom stereocenters. The van der Waals surface area contributed by atoms with E-state index in [0.717, 1.165) is 25.9 Å². The molecule has 0 radical (unpaired) electrons. The Morgan fingerprint density at radius 2 is 1.75 bits per heavy atom. The molecule has 0 aliphatic heterocycles. The number of hydrogen-bond acceptors (Lipinski definition) is 2. The summed E-state index contributed by atoms with van der Waals surface area (Å²) in [5.74, 6) is -0.441. The van der Waals surface area contributed by atoms with Crippen LogP contribution in [0.1, 0.15) is 52.2 Å². The van der Waals surface area contributed by atoms with Crippen LogP contribution in [0.5, 0.6) is 0 Å². The van der Waals surface area contributed by atoms with Crippen LogP contribution in [0.3, 0.4) is 0 Å². The van der Waals surface area contributed by atoms with Gasteiger partial charge in [0.15, 0.2) is 0 Å². The van der Waals surface area contributed by atoms with E-state index in [1.54, 1.807) is 12.1 Å². The van der Waals surface area contributed by atoms with E-state index in [4.69, 9.17) is 11.6 Å². The van der Waals surface area contributed by atoms with Crippen LogP contribution in [-0.4, -0.2) is 28.6 Å². The van der Waals surface area contributed by atoms with E-state index in [1.807, 2.05) is 13.8 Å². The number of nitrogens with zero attached hydrogens (tertiary/aromatic N) is 1. The molecule has 1 unspecified atom stereocenters. The van der Waals surface area contributed by atoms with Gasteiger partial charge in [-0.3, -0.25) is 4.90 Å². The highest BCUT2D eigenvalue weighted by Gasteiger charge is 2.40. The van der Waals surface area contributed by atoms with E-state index in [-0.39, 0.29) is 0 Å². The molecule has 1 N–H and O–H groups in total.